The number of carbonyl (C=O) groups is 2. The first-order chi connectivity index (χ1) is 19.3. The first-order valence-corrected chi connectivity index (χ1v) is 13.6. The van der Waals surface area contributed by atoms with Crippen LogP contribution in [-0.4, -0.2) is 50.7 Å². The highest BCUT2D eigenvalue weighted by Gasteiger charge is 2.25. The summed E-state index contributed by atoms with van der Waals surface area (Å²) in [5, 5.41) is 6.22. The number of fused-ring (bicyclic) bond motifs is 1. The number of amides is 2. The van der Waals surface area contributed by atoms with E-state index in [0.29, 0.717) is 40.2 Å². The number of para-hydroxylation sites is 2. The molecule has 0 unspecified atom stereocenters. The van der Waals surface area contributed by atoms with Gasteiger partial charge in [0.25, 0.3) is 11.8 Å². The summed E-state index contributed by atoms with van der Waals surface area (Å²) < 4.78 is 8.31. The molecular formula is C29H31ClN6O4. The van der Waals surface area contributed by atoms with E-state index in [1.807, 2.05) is 28.8 Å². The SMILES string of the molecule is COCC(=O)Nc1ccc(-n2c(=O)n(C[C@H]3CC[C@H](NC(=O)c4cc(Cl)cnc4C)CC3)c3ccccc32)cn1. The van der Waals surface area contributed by atoms with Gasteiger partial charge in [0.1, 0.15) is 12.4 Å². The molecule has 2 amide bonds. The number of benzene rings is 1. The Morgan fingerprint density at radius 1 is 1.05 bits per heavy atom. The molecule has 5 rings (SSSR count). The van der Waals surface area contributed by atoms with Gasteiger partial charge in [-0.2, -0.15) is 0 Å². The molecule has 3 heterocycles. The molecule has 0 spiro atoms. The topological polar surface area (TPSA) is 120 Å². The summed E-state index contributed by atoms with van der Waals surface area (Å²) in [5.74, 6) is 0.222. The van der Waals surface area contributed by atoms with Crippen molar-refractivity contribution < 1.29 is 14.3 Å². The van der Waals surface area contributed by atoms with Crippen LogP contribution in [0.5, 0.6) is 0 Å². The van der Waals surface area contributed by atoms with Gasteiger partial charge in [-0.15, -0.1) is 0 Å². The van der Waals surface area contributed by atoms with E-state index in [0.717, 1.165) is 36.7 Å². The minimum atomic E-state index is -0.303. The van der Waals surface area contributed by atoms with Crippen LogP contribution in [0.1, 0.15) is 41.7 Å². The zero-order valence-corrected chi connectivity index (χ0v) is 23.1. The number of halogens is 1. The van der Waals surface area contributed by atoms with Crippen LogP contribution in [0, 0.1) is 12.8 Å². The minimum absolute atomic E-state index is 0.0640. The van der Waals surface area contributed by atoms with Gasteiger partial charge < -0.3 is 15.4 Å². The zero-order valence-electron chi connectivity index (χ0n) is 22.4. The lowest BCUT2D eigenvalue weighted by Crippen LogP contribution is -2.39. The number of imidazole rings is 1. The van der Waals surface area contributed by atoms with Crippen LogP contribution in [0.3, 0.4) is 0 Å². The molecule has 1 fully saturated rings. The van der Waals surface area contributed by atoms with Crippen molar-refractivity contribution >= 4 is 40.3 Å². The van der Waals surface area contributed by atoms with Crippen molar-refractivity contribution in [1.82, 2.24) is 24.4 Å². The average Bonchev–Trinajstić information content (AvgIpc) is 3.22. The van der Waals surface area contributed by atoms with E-state index < -0.39 is 0 Å². The molecule has 4 aromatic rings. The third-order valence-electron chi connectivity index (χ3n) is 7.31. The maximum atomic E-state index is 13.7. The average molecular weight is 563 g/mol. The molecule has 1 saturated carbocycles. The fourth-order valence-corrected chi connectivity index (χ4v) is 5.44. The van der Waals surface area contributed by atoms with Crippen LogP contribution < -0.4 is 16.3 Å². The van der Waals surface area contributed by atoms with Crippen molar-refractivity contribution in [3.05, 3.63) is 81.6 Å². The molecule has 0 bridgehead atoms. The molecule has 0 saturated heterocycles. The molecule has 208 valence electrons. The Balaban J connectivity index is 1.29. The van der Waals surface area contributed by atoms with Gasteiger partial charge >= 0.3 is 5.69 Å². The number of aryl methyl sites for hydroxylation is 1. The molecular weight excluding hydrogens is 532 g/mol. The molecule has 0 atom stereocenters. The number of carbonyl (C=O) groups excluding carboxylic acids is 2. The Morgan fingerprint density at radius 3 is 2.50 bits per heavy atom. The van der Waals surface area contributed by atoms with Crippen LogP contribution in [0.25, 0.3) is 16.7 Å². The second-order valence-corrected chi connectivity index (χ2v) is 10.5. The smallest absolute Gasteiger partial charge is 0.333 e. The van der Waals surface area contributed by atoms with E-state index in [9.17, 15) is 14.4 Å². The number of ether oxygens (including phenoxy) is 1. The van der Waals surface area contributed by atoms with E-state index >= 15 is 0 Å². The summed E-state index contributed by atoms with van der Waals surface area (Å²) in [6, 6.07) is 12.8. The van der Waals surface area contributed by atoms with Crippen LogP contribution in [0.2, 0.25) is 5.02 Å². The van der Waals surface area contributed by atoms with Gasteiger partial charge in [0.15, 0.2) is 0 Å². The third-order valence-corrected chi connectivity index (χ3v) is 7.51. The lowest BCUT2D eigenvalue weighted by atomic mass is 9.85. The summed E-state index contributed by atoms with van der Waals surface area (Å²) in [5.41, 5.74) is 3.25. The maximum absolute atomic E-state index is 13.7. The Hall–Kier alpha value is -4.02. The molecule has 0 radical (unpaired) electrons. The van der Waals surface area contributed by atoms with Gasteiger partial charge in [0, 0.05) is 25.9 Å². The van der Waals surface area contributed by atoms with E-state index in [1.54, 1.807) is 35.9 Å². The summed E-state index contributed by atoms with van der Waals surface area (Å²) in [4.78, 5) is 46.8. The number of nitrogens with one attached hydrogen (secondary N) is 2. The molecule has 0 aliphatic heterocycles. The number of rotatable bonds is 8. The Labute approximate surface area is 236 Å². The van der Waals surface area contributed by atoms with Crippen molar-refractivity contribution in [2.24, 2.45) is 5.92 Å². The zero-order chi connectivity index (χ0) is 28.2. The molecule has 1 aliphatic rings. The van der Waals surface area contributed by atoms with Gasteiger partial charge in [-0.3, -0.25) is 23.7 Å². The monoisotopic (exact) mass is 562 g/mol. The van der Waals surface area contributed by atoms with Crippen LogP contribution >= 0.6 is 11.6 Å². The second-order valence-electron chi connectivity index (χ2n) is 10.1. The number of hydrogen-bond acceptors (Lipinski definition) is 6. The van der Waals surface area contributed by atoms with E-state index in [2.05, 4.69) is 20.6 Å². The molecule has 11 heteroatoms. The maximum Gasteiger partial charge on any atom is 0.333 e. The number of aromatic nitrogens is 4. The second kappa shape index (κ2) is 12.0. The standard InChI is InChI=1S/C29H31ClN6O4/c1-18-23(13-20(30)14-31-18)28(38)33-21-9-7-19(8-10-21)16-35-24-5-3-4-6-25(24)36(29(35)39)22-11-12-26(32-15-22)34-27(37)17-40-2/h3-6,11-15,19,21H,7-10,16-17H2,1-2H3,(H,33,38)(H,32,34,37)/t19-,21-. The number of methoxy groups -OCH3 is 1. The number of pyridine rings is 2. The summed E-state index contributed by atoms with van der Waals surface area (Å²) in [7, 11) is 1.45. The molecule has 3 aromatic heterocycles. The molecule has 1 aromatic carbocycles. The number of hydrogen-bond donors (Lipinski definition) is 2. The van der Waals surface area contributed by atoms with Crippen molar-refractivity contribution in [2.75, 3.05) is 19.0 Å². The van der Waals surface area contributed by atoms with Crippen LogP contribution in [-0.2, 0) is 16.1 Å². The first-order valence-electron chi connectivity index (χ1n) is 13.2. The highest BCUT2D eigenvalue weighted by Crippen LogP contribution is 2.28. The quantitative estimate of drug-likeness (QED) is 0.333. The fourth-order valence-electron chi connectivity index (χ4n) is 5.28. The highest BCUT2D eigenvalue weighted by atomic mass is 35.5. The highest BCUT2D eigenvalue weighted by molar-refractivity contribution is 6.30. The summed E-state index contributed by atoms with van der Waals surface area (Å²) >= 11 is 6.04. The lowest BCUT2D eigenvalue weighted by molar-refractivity contribution is -0.119. The predicted octanol–water partition coefficient (Wildman–Crippen LogP) is 4.12. The molecule has 1 aliphatic carbocycles. The van der Waals surface area contributed by atoms with Crippen LogP contribution in [0.15, 0.2) is 59.7 Å². The van der Waals surface area contributed by atoms with E-state index in [4.69, 9.17) is 16.3 Å². The Morgan fingerprint density at radius 2 is 1.80 bits per heavy atom. The summed E-state index contributed by atoms with van der Waals surface area (Å²) in [6.07, 6.45) is 6.55. The number of nitrogens with zero attached hydrogens (tertiary/aromatic N) is 4. The van der Waals surface area contributed by atoms with Crippen molar-refractivity contribution in [1.29, 1.82) is 0 Å². The van der Waals surface area contributed by atoms with Gasteiger partial charge in [-0.25, -0.2) is 9.78 Å². The molecule has 40 heavy (non-hydrogen) atoms. The van der Waals surface area contributed by atoms with Crippen molar-refractivity contribution in [3.63, 3.8) is 0 Å². The first kappa shape index (κ1) is 27.5. The van der Waals surface area contributed by atoms with Crippen molar-refractivity contribution in [2.45, 2.75) is 45.2 Å². The normalized spacial score (nSPS) is 17.1. The largest absolute Gasteiger partial charge is 0.375 e. The van der Waals surface area contributed by atoms with Gasteiger partial charge in [0.05, 0.1) is 39.2 Å². The Bertz CT molecular complexity index is 1590. The Kier molecular flexibility index (Phi) is 8.27. The molecule has 2 N–H and O–H groups in total. The van der Waals surface area contributed by atoms with Gasteiger partial charge in [-0.1, -0.05) is 23.7 Å². The van der Waals surface area contributed by atoms with Crippen molar-refractivity contribution in [3.8, 4) is 5.69 Å². The van der Waals surface area contributed by atoms with E-state index in [-0.39, 0.29) is 30.2 Å². The number of anilines is 1. The third kappa shape index (κ3) is 5.93. The predicted molar refractivity (Wildman–Crippen MR) is 153 cm³/mol. The van der Waals surface area contributed by atoms with Crippen LogP contribution in [0.4, 0.5) is 5.82 Å². The van der Waals surface area contributed by atoms with E-state index in [1.165, 1.54) is 13.3 Å². The van der Waals surface area contributed by atoms with Gasteiger partial charge in [0.2, 0.25) is 0 Å². The van der Waals surface area contributed by atoms with Gasteiger partial charge in [-0.05, 0) is 68.9 Å². The lowest BCUT2D eigenvalue weighted by Gasteiger charge is -2.29. The fraction of sp³-hybridized carbons (Fsp3) is 0.345. The summed E-state index contributed by atoms with van der Waals surface area (Å²) in [6.45, 7) is 2.31. The minimum Gasteiger partial charge on any atom is -0.375 e. The molecule has 10 nitrogen and oxygen atoms in total.